The highest BCUT2D eigenvalue weighted by atomic mass is 32.2. The largest absolute Gasteiger partial charge is 0.573 e. The van der Waals surface area contributed by atoms with Crippen LogP contribution in [0.2, 0.25) is 0 Å². The molecule has 4 aliphatic heterocycles. The minimum atomic E-state index is -4.85. The van der Waals surface area contributed by atoms with Crippen LogP contribution >= 0.6 is 11.8 Å². The number of alkyl halides is 3. The Bertz CT molecular complexity index is 1420. The first-order chi connectivity index (χ1) is 20.1. The highest BCUT2D eigenvalue weighted by Gasteiger charge is 2.52. The second kappa shape index (κ2) is 11.3. The lowest BCUT2D eigenvalue weighted by atomic mass is 9.86. The Kier molecular flexibility index (Phi) is 7.75. The van der Waals surface area contributed by atoms with Crippen LogP contribution in [0.5, 0.6) is 17.2 Å². The average molecular weight is 604 g/mol. The molecule has 4 atom stereocenters. The van der Waals surface area contributed by atoms with Gasteiger partial charge in [-0.2, -0.15) is 0 Å². The van der Waals surface area contributed by atoms with Crippen molar-refractivity contribution in [2.75, 3.05) is 31.6 Å². The van der Waals surface area contributed by atoms with Crippen molar-refractivity contribution in [1.29, 1.82) is 0 Å². The number of likely N-dealkylation sites (N-methyl/N-ethyl adjacent to an activating group) is 1. The van der Waals surface area contributed by atoms with Gasteiger partial charge in [-0.1, -0.05) is 23.9 Å². The highest BCUT2D eigenvalue weighted by molar-refractivity contribution is 8.04. The first-order valence-electron chi connectivity index (χ1n) is 13.9. The van der Waals surface area contributed by atoms with Crippen LogP contribution in [0.15, 0.2) is 53.1 Å². The molecule has 224 valence electrons. The third-order valence-corrected chi connectivity index (χ3v) is 9.39. The number of hydrogen-bond donors (Lipinski definition) is 3. The van der Waals surface area contributed by atoms with Crippen LogP contribution in [0.1, 0.15) is 24.8 Å². The quantitative estimate of drug-likeness (QED) is 0.441. The Morgan fingerprint density at radius 1 is 1.14 bits per heavy atom. The first-order valence-corrected chi connectivity index (χ1v) is 14.8. The monoisotopic (exact) mass is 603 g/mol. The fourth-order valence-corrected chi connectivity index (χ4v) is 7.67. The summed E-state index contributed by atoms with van der Waals surface area (Å²) in [5, 5.41) is 9.66. The fraction of sp³-hybridized carbons (Fsp3) is 0.448. The third-order valence-electron chi connectivity index (χ3n) is 8.04. The normalized spacial score (nSPS) is 26.0. The van der Waals surface area contributed by atoms with Gasteiger partial charge >= 0.3 is 12.4 Å². The maximum absolute atomic E-state index is 13.6. The summed E-state index contributed by atoms with van der Waals surface area (Å²) in [6.45, 7) is 4.32. The second-order valence-electron chi connectivity index (χ2n) is 11.0. The number of carbonyl (C=O) groups excluding carboxylic acids is 2. The van der Waals surface area contributed by atoms with Crippen molar-refractivity contribution < 1.29 is 32.2 Å². The van der Waals surface area contributed by atoms with E-state index in [-0.39, 0.29) is 41.1 Å². The lowest BCUT2D eigenvalue weighted by Crippen LogP contribution is -2.62. The van der Waals surface area contributed by atoms with Gasteiger partial charge in [0.2, 0.25) is 0 Å². The maximum atomic E-state index is 13.6. The number of hydrogen-bond acceptors (Lipinski definition) is 7. The van der Waals surface area contributed by atoms with Crippen LogP contribution in [0, 0.1) is 12.8 Å². The predicted molar refractivity (Wildman–Crippen MR) is 152 cm³/mol. The molecule has 0 aliphatic carbocycles. The Balaban J connectivity index is 1.23. The Morgan fingerprint density at radius 3 is 2.67 bits per heavy atom. The number of para-hydroxylation sites is 2. The number of ether oxygens (including phenoxy) is 2. The van der Waals surface area contributed by atoms with Crippen molar-refractivity contribution in [1.82, 2.24) is 20.9 Å². The van der Waals surface area contributed by atoms with Gasteiger partial charge in [-0.05, 0) is 82.2 Å². The zero-order chi connectivity index (χ0) is 29.6. The van der Waals surface area contributed by atoms with Crippen molar-refractivity contribution in [2.45, 2.75) is 50.0 Å². The molecular formula is C29H32F3N5O4S. The SMILES string of the molecule is Cc1cc(Oc2ccccc2OC(F)(F)F)ccc1N1C(=O)NC2=C(C(=O)N[C@@H]3CCCN(C)C3)SC3NCCC1C23. The Labute approximate surface area is 245 Å². The number of urea groups is 1. The van der Waals surface area contributed by atoms with Gasteiger partial charge in [0.1, 0.15) is 5.75 Å². The molecule has 3 amide bonds. The van der Waals surface area contributed by atoms with Crippen LogP contribution in [-0.4, -0.2) is 67.3 Å². The summed E-state index contributed by atoms with van der Waals surface area (Å²) in [4.78, 5) is 31.5. The molecule has 9 nitrogen and oxygen atoms in total. The van der Waals surface area contributed by atoms with Gasteiger partial charge in [-0.25, -0.2) is 4.79 Å². The topological polar surface area (TPSA) is 95.2 Å². The van der Waals surface area contributed by atoms with E-state index in [1.807, 2.05) is 14.0 Å². The Morgan fingerprint density at radius 2 is 1.93 bits per heavy atom. The van der Waals surface area contributed by atoms with Crippen LogP contribution in [0.25, 0.3) is 0 Å². The molecule has 2 aromatic rings. The molecule has 42 heavy (non-hydrogen) atoms. The summed E-state index contributed by atoms with van der Waals surface area (Å²) in [5.41, 5.74) is 2.05. The predicted octanol–water partition coefficient (Wildman–Crippen LogP) is 4.69. The molecule has 4 aliphatic rings. The molecule has 0 saturated carbocycles. The van der Waals surface area contributed by atoms with E-state index in [9.17, 15) is 22.8 Å². The Hall–Kier alpha value is -3.42. The van der Waals surface area contributed by atoms with E-state index >= 15 is 0 Å². The first kappa shape index (κ1) is 28.7. The second-order valence-corrected chi connectivity index (χ2v) is 12.2. The molecule has 0 spiro atoms. The van der Waals surface area contributed by atoms with E-state index in [1.165, 1.54) is 30.0 Å². The molecule has 0 bridgehead atoms. The van der Waals surface area contributed by atoms with Crippen molar-refractivity contribution in [3.05, 3.63) is 58.6 Å². The van der Waals surface area contributed by atoms with Crippen molar-refractivity contribution in [2.24, 2.45) is 5.92 Å². The smallest absolute Gasteiger partial charge is 0.453 e. The number of thioether (sulfide) groups is 1. The van der Waals surface area contributed by atoms with Crippen molar-refractivity contribution in [3.8, 4) is 17.2 Å². The number of nitrogens with zero attached hydrogens (tertiary/aromatic N) is 2. The number of carbonyl (C=O) groups is 2. The number of anilines is 1. The summed E-state index contributed by atoms with van der Waals surface area (Å²) < 4.78 is 48.4. The van der Waals surface area contributed by atoms with Gasteiger partial charge in [0.05, 0.1) is 16.3 Å². The highest BCUT2D eigenvalue weighted by Crippen LogP contribution is 2.48. The number of likely N-dealkylation sites (tertiary alicyclic amines) is 1. The summed E-state index contributed by atoms with van der Waals surface area (Å²) in [5.74, 6) is -0.470. The summed E-state index contributed by atoms with van der Waals surface area (Å²) >= 11 is 1.47. The zero-order valence-corrected chi connectivity index (χ0v) is 24.0. The summed E-state index contributed by atoms with van der Waals surface area (Å²) in [6, 6.07) is 10.2. The molecular weight excluding hydrogens is 571 g/mol. The number of amides is 3. The molecule has 0 aromatic heterocycles. The molecule has 6 rings (SSSR count). The minimum Gasteiger partial charge on any atom is -0.453 e. The number of benzene rings is 2. The van der Waals surface area contributed by atoms with E-state index in [2.05, 4.69) is 25.6 Å². The van der Waals surface area contributed by atoms with Gasteiger partial charge in [-0.15, -0.1) is 13.2 Å². The number of nitrogens with one attached hydrogen (secondary N) is 3. The molecule has 13 heteroatoms. The van der Waals surface area contributed by atoms with Gasteiger partial charge in [0.15, 0.2) is 11.5 Å². The van der Waals surface area contributed by atoms with Crippen LogP contribution in [-0.2, 0) is 4.79 Å². The molecule has 0 radical (unpaired) electrons. The number of aryl methyl sites for hydroxylation is 1. The lowest BCUT2D eigenvalue weighted by molar-refractivity contribution is -0.275. The van der Waals surface area contributed by atoms with Gasteiger partial charge < -0.3 is 30.3 Å². The third kappa shape index (κ3) is 5.77. The summed E-state index contributed by atoms with van der Waals surface area (Å²) in [6.07, 6.45) is -2.21. The van der Waals surface area contributed by atoms with Gasteiger partial charge in [-0.3, -0.25) is 9.69 Å². The van der Waals surface area contributed by atoms with Gasteiger partial charge in [0, 0.05) is 29.9 Å². The standard InChI is InChI=1S/C29H32F3N5O4S/c1-16-14-18(40-21-7-3-4-8-22(21)41-29(30,31)32)9-10-19(16)37-20-11-12-33-27-23(20)24(35-28(37)39)25(42-27)26(38)34-17-6-5-13-36(2)15-17/h3-4,7-10,14,17,20,23,27,33H,5-6,11-13,15H2,1-2H3,(H,34,38)(H,35,39)/t17-,20?,23?,27?/m1/s1. The fourth-order valence-electron chi connectivity index (χ4n) is 6.27. The molecule has 3 fully saturated rings. The van der Waals surface area contributed by atoms with Crippen LogP contribution < -0.4 is 30.3 Å². The van der Waals surface area contributed by atoms with E-state index < -0.39 is 12.1 Å². The molecule has 2 aromatic carbocycles. The van der Waals surface area contributed by atoms with Crippen molar-refractivity contribution >= 4 is 29.4 Å². The van der Waals surface area contributed by atoms with Crippen LogP contribution in [0.4, 0.5) is 23.7 Å². The van der Waals surface area contributed by atoms with E-state index in [0.29, 0.717) is 40.6 Å². The van der Waals surface area contributed by atoms with Crippen LogP contribution in [0.3, 0.4) is 0 Å². The lowest BCUT2D eigenvalue weighted by Gasteiger charge is -2.46. The molecule has 3 saturated heterocycles. The van der Waals surface area contributed by atoms with E-state index in [0.717, 1.165) is 25.9 Å². The number of piperidine rings is 2. The maximum Gasteiger partial charge on any atom is 0.573 e. The number of halogens is 3. The molecule has 3 N–H and O–H groups in total. The molecule has 3 unspecified atom stereocenters. The zero-order valence-electron chi connectivity index (χ0n) is 23.2. The summed E-state index contributed by atoms with van der Waals surface area (Å²) in [7, 11) is 2.05. The minimum absolute atomic E-state index is 0.0512. The van der Waals surface area contributed by atoms with E-state index in [4.69, 9.17) is 4.74 Å². The molecule has 4 heterocycles. The average Bonchev–Trinajstić information content (AvgIpc) is 3.29. The van der Waals surface area contributed by atoms with E-state index in [1.54, 1.807) is 29.2 Å². The van der Waals surface area contributed by atoms with Gasteiger partial charge in [0.25, 0.3) is 5.91 Å². The number of rotatable bonds is 6. The van der Waals surface area contributed by atoms with Crippen molar-refractivity contribution in [3.63, 3.8) is 0 Å².